The number of hydrogen-bond acceptors (Lipinski definition) is 1. The molecular formula is C21H20S. The number of fused-ring (bicyclic) bond motifs is 7. The Hall–Kier alpha value is -1.60. The Balaban J connectivity index is 1.59. The van der Waals surface area contributed by atoms with Gasteiger partial charge in [0.05, 0.1) is 0 Å². The fourth-order valence-corrected chi connectivity index (χ4v) is 5.61. The van der Waals surface area contributed by atoms with Crippen LogP contribution < -0.4 is 0 Å². The molecule has 0 fully saturated rings. The molecule has 1 aromatic carbocycles. The van der Waals surface area contributed by atoms with E-state index < -0.39 is 0 Å². The van der Waals surface area contributed by atoms with Gasteiger partial charge in [0.2, 0.25) is 0 Å². The average molecular weight is 304 g/mol. The normalized spacial score (nSPS) is 25.3. The number of aryl methyl sites for hydroxylation is 2. The lowest BCUT2D eigenvalue weighted by molar-refractivity contribution is 0.758. The summed E-state index contributed by atoms with van der Waals surface area (Å²) in [4.78, 5) is 2.90. The van der Waals surface area contributed by atoms with Gasteiger partial charge in [-0.3, -0.25) is 0 Å². The molecule has 1 heterocycles. The van der Waals surface area contributed by atoms with Gasteiger partial charge in [0.25, 0.3) is 0 Å². The van der Waals surface area contributed by atoms with E-state index >= 15 is 0 Å². The fraction of sp³-hybridized carbons (Fsp3) is 0.333. The summed E-state index contributed by atoms with van der Waals surface area (Å²) in [6, 6.07) is 11.7. The van der Waals surface area contributed by atoms with Crippen LogP contribution in [0.5, 0.6) is 0 Å². The first-order chi connectivity index (χ1) is 10.7. The minimum atomic E-state index is 0.673. The van der Waals surface area contributed by atoms with E-state index in [0.29, 0.717) is 5.92 Å². The molecule has 1 heteroatoms. The maximum Gasteiger partial charge on any atom is 0.0305 e. The molecule has 2 atom stereocenters. The van der Waals surface area contributed by atoms with Crippen LogP contribution in [0, 0.1) is 13.8 Å². The maximum atomic E-state index is 2.54. The summed E-state index contributed by atoms with van der Waals surface area (Å²) in [5.74, 6) is 1.39. The van der Waals surface area contributed by atoms with Crippen molar-refractivity contribution in [3.05, 3.63) is 74.0 Å². The van der Waals surface area contributed by atoms with Crippen molar-refractivity contribution in [2.45, 2.75) is 44.9 Å². The third-order valence-electron chi connectivity index (χ3n) is 5.68. The van der Waals surface area contributed by atoms with Gasteiger partial charge in [-0.25, -0.2) is 0 Å². The SMILES string of the molecule is Cc1ccc2c(c1)C1CC2C2=C1CCC(c1ccc(C)s1)=C2. The molecule has 0 N–H and O–H groups in total. The lowest BCUT2D eigenvalue weighted by Gasteiger charge is -2.26. The molecular weight excluding hydrogens is 284 g/mol. The highest BCUT2D eigenvalue weighted by Crippen LogP contribution is 2.59. The van der Waals surface area contributed by atoms with Gasteiger partial charge >= 0.3 is 0 Å². The molecule has 0 aliphatic heterocycles. The monoisotopic (exact) mass is 304 g/mol. The Morgan fingerprint density at radius 2 is 1.86 bits per heavy atom. The molecule has 2 bridgehead atoms. The van der Waals surface area contributed by atoms with Crippen LogP contribution in [-0.2, 0) is 0 Å². The van der Waals surface area contributed by atoms with Crippen molar-refractivity contribution in [2.75, 3.05) is 0 Å². The second-order valence-corrected chi connectivity index (χ2v) is 8.32. The van der Waals surface area contributed by atoms with Crippen LogP contribution in [-0.4, -0.2) is 0 Å². The van der Waals surface area contributed by atoms with Crippen molar-refractivity contribution in [3.8, 4) is 0 Å². The van der Waals surface area contributed by atoms with E-state index in [1.165, 1.54) is 34.6 Å². The van der Waals surface area contributed by atoms with Gasteiger partial charge in [-0.15, -0.1) is 11.3 Å². The second-order valence-electron chi connectivity index (χ2n) is 7.03. The number of allylic oxidation sites excluding steroid dienone is 4. The summed E-state index contributed by atoms with van der Waals surface area (Å²) < 4.78 is 0. The van der Waals surface area contributed by atoms with Crippen molar-refractivity contribution in [2.24, 2.45) is 0 Å². The van der Waals surface area contributed by atoms with E-state index in [1.807, 2.05) is 11.3 Å². The predicted octanol–water partition coefficient (Wildman–Crippen LogP) is 6.12. The van der Waals surface area contributed by atoms with Gasteiger partial charge in [0.15, 0.2) is 0 Å². The standard InChI is InChI=1S/C21H20S/c1-12-3-6-15-17(9-12)19-11-20(15)18-10-14(5-7-16(18)19)21-8-4-13(2)22-21/h3-4,6,8-10,19-20H,5,7,11H2,1-2H3. The predicted molar refractivity (Wildman–Crippen MR) is 94.6 cm³/mol. The van der Waals surface area contributed by atoms with Crippen LogP contribution in [0.4, 0.5) is 0 Å². The molecule has 0 saturated heterocycles. The highest BCUT2D eigenvalue weighted by Gasteiger charge is 2.43. The summed E-state index contributed by atoms with van der Waals surface area (Å²) in [5.41, 5.74) is 9.63. The maximum absolute atomic E-state index is 2.54. The Morgan fingerprint density at radius 3 is 2.68 bits per heavy atom. The fourth-order valence-electron chi connectivity index (χ4n) is 4.69. The van der Waals surface area contributed by atoms with Crippen LogP contribution in [0.1, 0.15) is 57.5 Å². The second kappa shape index (κ2) is 4.45. The van der Waals surface area contributed by atoms with Gasteiger partial charge < -0.3 is 0 Å². The zero-order valence-corrected chi connectivity index (χ0v) is 14.0. The summed E-state index contributed by atoms with van der Waals surface area (Å²) >= 11 is 1.95. The van der Waals surface area contributed by atoms with E-state index in [2.05, 4.69) is 50.3 Å². The van der Waals surface area contributed by atoms with Crippen LogP contribution in [0.3, 0.4) is 0 Å². The smallest absolute Gasteiger partial charge is 0.0305 e. The Kier molecular flexibility index (Phi) is 2.61. The van der Waals surface area contributed by atoms with Crippen LogP contribution in [0.15, 0.2) is 47.6 Å². The molecule has 0 radical (unpaired) electrons. The van der Waals surface area contributed by atoms with Gasteiger partial charge in [0, 0.05) is 21.6 Å². The molecule has 2 unspecified atom stereocenters. The number of benzene rings is 1. The number of hydrogen-bond donors (Lipinski definition) is 0. The van der Waals surface area contributed by atoms with E-state index in [-0.39, 0.29) is 0 Å². The third-order valence-corrected chi connectivity index (χ3v) is 6.76. The molecule has 0 saturated carbocycles. The van der Waals surface area contributed by atoms with Gasteiger partial charge in [-0.05, 0) is 67.5 Å². The average Bonchev–Trinajstić information content (AvgIpc) is 3.20. The van der Waals surface area contributed by atoms with E-state index in [0.717, 1.165) is 5.92 Å². The summed E-state index contributed by atoms with van der Waals surface area (Å²) in [6.45, 7) is 4.43. The zero-order valence-electron chi connectivity index (χ0n) is 13.1. The third kappa shape index (κ3) is 1.69. The Bertz CT molecular complexity index is 847. The number of thiophene rings is 1. The molecule has 110 valence electrons. The van der Waals surface area contributed by atoms with E-state index in [1.54, 1.807) is 27.8 Å². The molecule has 1 aromatic heterocycles. The first-order valence-corrected chi connectivity index (χ1v) is 9.13. The minimum absolute atomic E-state index is 0.673. The number of rotatable bonds is 1. The molecule has 3 aliphatic carbocycles. The van der Waals surface area contributed by atoms with Gasteiger partial charge in [0.1, 0.15) is 0 Å². The lowest BCUT2D eigenvalue weighted by atomic mass is 9.79. The molecule has 0 amide bonds. The highest BCUT2D eigenvalue weighted by molar-refractivity contribution is 7.13. The molecule has 2 aromatic rings. The molecule has 0 nitrogen and oxygen atoms in total. The van der Waals surface area contributed by atoms with Crippen molar-refractivity contribution < 1.29 is 0 Å². The Morgan fingerprint density at radius 1 is 0.955 bits per heavy atom. The van der Waals surface area contributed by atoms with Crippen molar-refractivity contribution in [3.63, 3.8) is 0 Å². The van der Waals surface area contributed by atoms with E-state index in [4.69, 9.17) is 0 Å². The zero-order chi connectivity index (χ0) is 14.8. The van der Waals surface area contributed by atoms with Gasteiger partial charge in [-0.2, -0.15) is 0 Å². The van der Waals surface area contributed by atoms with Crippen molar-refractivity contribution >= 4 is 16.9 Å². The molecule has 0 spiro atoms. The quantitative estimate of drug-likeness (QED) is 0.595. The first kappa shape index (κ1) is 12.9. The Labute approximate surface area is 136 Å². The highest BCUT2D eigenvalue weighted by atomic mass is 32.1. The van der Waals surface area contributed by atoms with Crippen LogP contribution >= 0.6 is 11.3 Å². The minimum Gasteiger partial charge on any atom is -0.141 e. The summed E-state index contributed by atoms with van der Waals surface area (Å²) in [6.07, 6.45) is 6.37. The first-order valence-electron chi connectivity index (χ1n) is 8.31. The lowest BCUT2D eigenvalue weighted by Crippen LogP contribution is -2.08. The summed E-state index contributed by atoms with van der Waals surface area (Å²) in [5, 5.41) is 0. The van der Waals surface area contributed by atoms with Crippen molar-refractivity contribution in [1.29, 1.82) is 0 Å². The molecule has 5 rings (SSSR count). The van der Waals surface area contributed by atoms with Crippen LogP contribution in [0.25, 0.3) is 5.57 Å². The molecule has 22 heavy (non-hydrogen) atoms. The van der Waals surface area contributed by atoms with Gasteiger partial charge in [-0.1, -0.05) is 35.4 Å². The summed E-state index contributed by atoms with van der Waals surface area (Å²) in [7, 11) is 0. The molecule has 3 aliphatic rings. The van der Waals surface area contributed by atoms with E-state index in [9.17, 15) is 0 Å². The van der Waals surface area contributed by atoms with Crippen LogP contribution in [0.2, 0.25) is 0 Å². The largest absolute Gasteiger partial charge is 0.141 e. The topological polar surface area (TPSA) is 0 Å². The van der Waals surface area contributed by atoms with Crippen molar-refractivity contribution in [1.82, 2.24) is 0 Å².